The topological polar surface area (TPSA) is 85.2 Å². The number of nitrogens with one attached hydrogen (secondary N) is 2. The molecule has 1 amide bonds. The van der Waals surface area contributed by atoms with Crippen LogP contribution in [0.1, 0.15) is 52.9 Å². The van der Waals surface area contributed by atoms with E-state index < -0.39 is 5.54 Å². The SMILES string of the molecule is CCOC(=O)C(C)(C)n1cc(NC(=O)CC2CC3CCC(C2)N3)cn1.Cl. The molecule has 1 aromatic rings. The number of ether oxygens (including phenoxy) is 1. The predicted octanol–water partition coefficient (Wildman–Crippen LogP) is 2.46. The van der Waals surface area contributed by atoms with Crippen molar-refractivity contribution in [2.75, 3.05) is 11.9 Å². The zero-order valence-corrected chi connectivity index (χ0v) is 16.5. The molecule has 3 rings (SSSR count). The van der Waals surface area contributed by atoms with Gasteiger partial charge in [0.15, 0.2) is 5.54 Å². The van der Waals surface area contributed by atoms with Crippen molar-refractivity contribution < 1.29 is 14.3 Å². The fourth-order valence-corrected chi connectivity index (χ4v) is 3.91. The van der Waals surface area contributed by atoms with Gasteiger partial charge in [0.05, 0.1) is 18.5 Å². The van der Waals surface area contributed by atoms with E-state index in [1.54, 1.807) is 33.2 Å². The first-order valence-electron chi connectivity index (χ1n) is 9.16. The van der Waals surface area contributed by atoms with Gasteiger partial charge in [-0.2, -0.15) is 5.10 Å². The number of carbonyl (C=O) groups is 2. The summed E-state index contributed by atoms with van der Waals surface area (Å²) in [5, 5.41) is 10.7. The molecule has 2 bridgehead atoms. The molecule has 0 aliphatic carbocycles. The molecule has 2 aliphatic rings. The zero-order chi connectivity index (χ0) is 18.0. The van der Waals surface area contributed by atoms with E-state index >= 15 is 0 Å². The Morgan fingerprint density at radius 3 is 2.62 bits per heavy atom. The molecule has 2 unspecified atom stereocenters. The smallest absolute Gasteiger partial charge is 0.333 e. The minimum Gasteiger partial charge on any atom is -0.464 e. The van der Waals surface area contributed by atoms with E-state index in [0.29, 0.717) is 36.7 Å². The standard InChI is InChI=1S/C18H28N4O3.ClH/c1-4-25-17(24)18(2,3)22-11-15(10-19-22)21-16(23)9-12-7-13-5-6-14(8-12)20-13;/h10-14,20H,4-9H2,1-3H3,(H,21,23);1H. The summed E-state index contributed by atoms with van der Waals surface area (Å²) in [5.41, 5.74) is -0.299. The van der Waals surface area contributed by atoms with Gasteiger partial charge in [0, 0.05) is 24.7 Å². The maximum absolute atomic E-state index is 12.3. The minimum atomic E-state index is -0.910. The van der Waals surface area contributed by atoms with Gasteiger partial charge in [-0.15, -0.1) is 12.4 Å². The summed E-state index contributed by atoms with van der Waals surface area (Å²) in [4.78, 5) is 24.4. The summed E-state index contributed by atoms with van der Waals surface area (Å²) in [5.74, 6) is 0.116. The lowest BCUT2D eigenvalue weighted by molar-refractivity contribution is -0.152. The molecule has 0 radical (unpaired) electrons. The Morgan fingerprint density at radius 2 is 2.00 bits per heavy atom. The fraction of sp³-hybridized carbons (Fsp3) is 0.722. The van der Waals surface area contributed by atoms with Crippen molar-refractivity contribution in [3.8, 4) is 0 Å². The molecule has 2 N–H and O–H groups in total. The average Bonchev–Trinajstić information content (AvgIpc) is 3.14. The minimum absolute atomic E-state index is 0. The van der Waals surface area contributed by atoms with Crippen LogP contribution >= 0.6 is 12.4 Å². The monoisotopic (exact) mass is 384 g/mol. The van der Waals surface area contributed by atoms with Crippen LogP contribution in [0.25, 0.3) is 0 Å². The molecule has 146 valence electrons. The number of amides is 1. The van der Waals surface area contributed by atoms with Gasteiger partial charge < -0.3 is 15.4 Å². The molecule has 2 fully saturated rings. The number of nitrogens with zero attached hydrogens (tertiary/aromatic N) is 2. The van der Waals surface area contributed by atoms with Gasteiger partial charge in [-0.3, -0.25) is 9.48 Å². The third-order valence-electron chi connectivity index (χ3n) is 5.26. The zero-order valence-electron chi connectivity index (χ0n) is 15.7. The molecular weight excluding hydrogens is 356 g/mol. The Balaban J connectivity index is 0.00000243. The van der Waals surface area contributed by atoms with Crippen LogP contribution in [0.4, 0.5) is 5.69 Å². The van der Waals surface area contributed by atoms with Crippen molar-refractivity contribution >= 4 is 30.0 Å². The quantitative estimate of drug-likeness (QED) is 0.736. The van der Waals surface area contributed by atoms with Gasteiger partial charge in [0.25, 0.3) is 0 Å². The number of hydrogen-bond donors (Lipinski definition) is 2. The van der Waals surface area contributed by atoms with Crippen LogP contribution in [-0.2, 0) is 19.9 Å². The van der Waals surface area contributed by atoms with Crippen LogP contribution in [-0.4, -0.2) is 40.3 Å². The van der Waals surface area contributed by atoms with E-state index in [4.69, 9.17) is 4.74 Å². The molecule has 8 heteroatoms. The number of anilines is 1. The van der Waals surface area contributed by atoms with Gasteiger partial charge >= 0.3 is 5.97 Å². The van der Waals surface area contributed by atoms with Crippen molar-refractivity contribution in [1.82, 2.24) is 15.1 Å². The number of halogens is 1. The van der Waals surface area contributed by atoms with Crippen LogP contribution in [0.15, 0.2) is 12.4 Å². The van der Waals surface area contributed by atoms with Gasteiger partial charge in [0.1, 0.15) is 0 Å². The summed E-state index contributed by atoms with van der Waals surface area (Å²) < 4.78 is 6.62. The first kappa shape index (κ1) is 20.7. The molecule has 1 aromatic heterocycles. The number of esters is 1. The Morgan fingerprint density at radius 1 is 1.35 bits per heavy atom. The highest BCUT2D eigenvalue weighted by molar-refractivity contribution is 5.90. The van der Waals surface area contributed by atoms with Gasteiger partial charge in [0.2, 0.25) is 5.91 Å². The van der Waals surface area contributed by atoms with E-state index in [2.05, 4.69) is 15.7 Å². The molecular formula is C18H29ClN4O3. The van der Waals surface area contributed by atoms with Crippen LogP contribution in [0.5, 0.6) is 0 Å². The third kappa shape index (κ3) is 4.57. The first-order chi connectivity index (χ1) is 11.9. The maximum atomic E-state index is 12.3. The van der Waals surface area contributed by atoms with Crippen LogP contribution in [0.3, 0.4) is 0 Å². The van der Waals surface area contributed by atoms with Gasteiger partial charge in [-0.25, -0.2) is 4.79 Å². The summed E-state index contributed by atoms with van der Waals surface area (Å²) >= 11 is 0. The van der Waals surface area contributed by atoms with Crippen molar-refractivity contribution in [2.24, 2.45) is 5.92 Å². The van der Waals surface area contributed by atoms with Gasteiger partial charge in [-0.05, 0) is 52.4 Å². The van der Waals surface area contributed by atoms with Crippen molar-refractivity contribution in [3.63, 3.8) is 0 Å². The largest absolute Gasteiger partial charge is 0.464 e. The molecule has 0 spiro atoms. The molecule has 7 nitrogen and oxygen atoms in total. The highest BCUT2D eigenvalue weighted by Gasteiger charge is 2.35. The lowest BCUT2D eigenvalue weighted by Gasteiger charge is -2.28. The number of aromatic nitrogens is 2. The van der Waals surface area contributed by atoms with Crippen molar-refractivity contribution in [2.45, 2.75) is 70.5 Å². The molecule has 2 aliphatic heterocycles. The molecule has 26 heavy (non-hydrogen) atoms. The second kappa shape index (κ2) is 8.39. The molecule has 2 saturated heterocycles. The maximum Gasteiger partial charge on any atom is 0.333 e. The van der Waals surface area contributed by atoms with Crippen LogP contribution in [0, 0.1) is 5.92 Å². The number of carbonyl (C=O) groups excluding carboxylic acids is 2. The lowest BCUT2D eigenvalue weighted by Crippen LogP contribution is -2.39. The van der Waals surface area contributed by atoms with E-state index in [-0.39, 0.29) is 24.3 Å². The predicted molar refractivity (Wildman–Crippen MR) is 101 cm³/mol. The second-order valence-corrected chi connectivity index (χ2v) is 7.68. The number of rotatable bonds is 6. The fourth-order valence-electron chi connectivity index (χ4n) is 3.91. The van der Waals surface area contributed by atoms with E-state index in [1.165, 1.54) is 17.5 Å². The number of hydrogen-bond acceptors (Lipinski definition) is 5. The van der Waals surface area contributed by atoms with E-state index in [9.17, 15) is 9.59 Å². The summed E-state index contributed by atoms with van der Waals surface area (Å²) in [7, 11) is 0. The van der Waals surface area contributed by atoms with Gasteiger partial charge in [-0.1, -0.05) is 0 Å². The van der Waals surface area contributed by atoms with E-state index in [0.717, 1.165) is 12.8 Å². The second-order valence-electron chi connectivity index (χ2n) is 7.68. The molecule has 3 heterocycles. The Bertz CT molecular complexity index is 634. The third-order valence-corrected chi connectivity index (χ3v) is 5.26. The Kier molecular flexibility index (Phi) is 6.69. The summed E-state index contributed by atoms with van der Waals surface area (Å²) in [6.07, 6.45) is 8.43. The molecule has 2 atom stereocenters. The van der Waals surface area contributed by atoms with Crippen LogP contribution < -0.4 is 10.6 Å². The number of piperidine rings is 1. The summed E-state index contributed by atoms with van der Waals surface area (Å²) in [6, 6.07) is 1.18. The molecule has 0 aromatic carbocycles. The average molecular weight is 385 g/mol. The van der Waals surface area contributed by atoms with Crippen LogP contribution in [0.2, 0.25) is 0 Å². The summed E-state index contributed by atoms with van der Waals surface area (Å²) in [6.45, 7) is 5.59. The van der Waals surface area contributed by atoms with E-state index in [1.807, 2.05) is 0 Å². The van der Waals surface area contributed by atoms with Crippen molar-refractivity contribution in [3.05, 3.63) is 12.4 Å². The Hall–Kier alpha value is -1.60. The highest BCUT2D eigenvalue weighted by Crippen LogP contribution is 2.32. The lowest BCUT2D eigenvalue weighted by atomic mass is 9.89. The first-order valence-corrected chi connectivity index (χ1v) is 9.16. The van der Waals surface area contributed by atoms with Crippen molar-refractivity contribution in [1.29, 1.82) is 0 Å². The highest BCUT2D eigenvalue weighted by atomic mass is 35.5. The normalized spacial score (nSPS) is 24.7. The molecule has 0 saturated carbocycles. The Labute approximate surface area is 160 Å². The number of fused-ring (bicyclic) bond motifs is 2.